The highest BCUT2D eigenvalue weighted by molar-refractivity contribution is 7.14. The summed E-state index contributed by atoms with van der Waals surface area (Å²) in [5, 5.41) is 16.9. The molecule has 0 saturated carbocycles. The standard InChI is InChI=1S/C13H15N3O2S/c1-8(2)14-13-15-11(7-19-13)10-5-4-9(3)12(6-10)16(17)18/h4-8H,1-3H3,(H,14,15). The Morgan fingerprint density at radius 3 is 2.79 bits per heavy atom. The number of nitro groups is 1. The Labute approximate surface area is 115 Å². The predicted molar refractivity (Wildman–Crippen MR) is 77.7 cm³/mol. The third-order valence-corrected chi connectivity index (χ3v) is 3.39. The van der Waals surface area contributed by atoms with Crippen molar-refractivity contribution in [2.45, 2.75) is 26.8 Å². The summed E-state index contributed by atoms with van der Waals surface area (Å²) in [6.07, 6.45) is 0. The molecule has 0 aliphatic carbocycles. The fraction of sp³-hybridized carbons (Fsp3) is 0.308. The Morgan fingerprint density at radius 2 is 2.16 bits per heavy atom. The summed E-state index contributed by atoms with van der Waals surface area (Å²) in [7, 11) is 0. The number of hydrogen-bond acceptors (Lipinski definition) is 5. The first-order valence-corrected chi connectivity index (χ1v) is 6.83. The average Bonchev–Trinajstić information content (AvgIpc) is 2.76. The second-order valence-corrected chi connectivity index (χ2v) is 5.45. The Balaban J connectivity index is 2.34. The highest BCUT2D eigenvalue weighted by Gasteiger charge is 2.13. The fourth-order valence-corrected chi connectivity index (χ4v) is 2.55. The van der Waals surface area contributed by atoms with Crippen LogP contribution in [0.15, 0.2) is 23.6 Å². The zero-order chi connectivity index (χ0) is 14.0. The average molecular weight is 277 g/mol. The van der Waals surface area contributed by atoms with E-state index in [1.165, 1.54) is 11.3 Å². The van der Waals surface area contributed by atoms with Crippen molar-refractivity contribution in [1.82, 2.24) is 4.98 Å². The minimum Gasteiger partial charge on any atom is -0.359 e. The quantitative estimate of drug-likeness (QED) is 0.681. The van der Waals surface area contributed by atoms with Crippen LogP contribution >= 0.6 is 11.3 Å². The van der Waals surface area contributed by atoms with Crippen LogP contribution in [0.4, 0.5) is 10.8 Å². The smallest absolute Gasteiger partial charge is 0.272 e. The largest absolute Gasteiger partial charge is 0.359 e. The molecule has 19 heavy (non-hydrogen) atoms. The Kier molecular flexibility index (Phi) is 3.80. The summed E-state index contributed by atoms with van der Waals surface area (Å²) in [6.45, 7) is 5.81. The predicted octanol–water partition coefficient (Wildman–Crippen LogP) is 3.85. The maximum Gasteiger partial charge on any atom is 0.272 e. The van der Waals surface area contributed by atoms with Crippen molar-refractivity contribution in [3.8, 4) is 11.3 Å². The lowest BCUT2D eigenvalue weighted by molar-refractivity contribution is -0.385. The molecular weight excluding hydrogens is 262 g/mol. The summed E-state index contributed by atoms with van der Waals surface area (Å²) in [5.74, 6) is 0. The number of nitro benzene ring substituents is 1. The zero-order valence-corrected chi connectivity index (χ0v) is 11.8. The minimum atomic E-state index is -0.363. The maximum absolute atomic E-state index is 10.9. The van der Waals surface area contributed by atoms with E-state index < -0.39 is 0 Å². The molecule has 5 nitrogen and oxygen atoms in total. The van der Waals surface area contributed by atoms with Gasteiger partial charge in [0, 0.05) is 28.6 Å². The van der Waals surface area contributed by atoms with E-state index in [2.05, 4.69) is 10.3 Å². The Morgan fingerprint density at radius 1 is 1.42 bits per heavy atom. The monoisotopic (exact) mass is 277 g/mol. The van der Waals surface area contributed by atoms with E-state index in [1.54, 1.807) is 19.1 Å². The molecule has 1 aromatic carbocycles. The molecule has 0 radical (unpaired) electrons. The summed E-state index contributed by atoms with van der Waals surface area (Å²) >= 11 is 1.50. The van der Waals surface area contributed by atoms with Gasteiger partial charge in [-0.25, -0.2) is 4.98 Å². The second-order valence-electron chi connectivity index (χ2n) is 4.60. The molecule has 2 aromatic rings. The summed E-state index contributed by atoms with van der Waals surface area (Å²) in [6, 6.07) is 5.49. The van der Waals surface area contributed by atoms with Crippen LogP contribution < -0.4 is 5.32 Å². The Hall–Kier alpha value is -1.95. The van der Waals surface area contributed by atoms with Gasteiger partial charge in [-0.05, 0) is 20.8 Å². The highest BCUT2D eigenvalue weighted by atomic mass is 32.1. The molecule has 100 valence electrons. The van der Waals surface area contributed by atoms with Crippen LogP contribution in [-0.2, 0) is 0 Å². The summed E-state index contributed by atoms with van der Waals surface area (Å²) in [5.41, 5.74) is 2.31. The minimum absolute atomic E-state index is 0.129. The van der Waals surface area contributed by atoms with Gasteiger partial charge < -0.3 is 5.32 Å². The summed E-state index contributed by atoms with van der Waals surface area (Å²) in [4.78, 5) is 15.0. The van der Waals surface area contributed by atoms with Crippen molar-refractivity contribution >= 4 is 22.2 Å². The SMILES string of the molecule is Cc1ccc(-c2csc(NC(C)C)n2)cc1[N+](=O)[O-]. The number of benzene rings is 1. The van der Waals surface area contributed by atoms with Gasteiger partial charge in [0.05, 0.1) is 10.6 Å². The molecule has 2 rings (SSSR count). The molecule has 0 spiro atoms. The molecule has 0 amide bonds. The lowest BCUT2D eigenvalue weighted by Crippen LogP contribution is -2.08. The second kappa shape index (κ2) is 5.36. The van der Waals surface area contributed by atoms with Gasteiger partial charge in [0.15, 0.2) is 5.13 Å². The number of hydrogen-bond donors (Lipinski definition) is 1. The number of nitrogens with zero attached hydrogens (tertiary/aromatic N) is 2. The van der Waals surface area contributed by atoms with Crippen molar-refractivity contribution in [2.75, 3.05) is 5.32 Å². The van der Waals surface area contributed by atoms with E-state index in [9.17, 15) is 10.1 Å². The van der Waals surface area contributed by atoms with E-state index in [0.717, 1.165) is 16.4 Å². The normalized spacial score (nSPS) is 10.7. The van der Waals surface area contributed by atoms with Gasteiger partial charge >= 0.3 is 0 Å². The molecule has 1 heterocycles. The van der Waals surface area contributed by atoms with Gasteiger partial charge in [0.2, 0.25) is 0 Å². The molecule has 0 bridgehead atoms. The molecule has 0 atom stereocenters. The van der Waals surface area contributed by atoms with Crippen LogP contribution in [-0.4, -0.2) is 15.9 Å². The molecular formula is C13H15N3O2S. The zero-order valence-electron chi connectivity index (χ0n) is 11.0. The van der Waals surface area contributed by atoms with Crippen molar-refractivity contribution in [2.24, 2.45) is 0 Å². The summed E-state index contributed by atoms with van der Waals surface area (Å²) < 4.78 is 0. The van der Waals surface area contributed by atoms with E-state index >= 15 is 0 Å². The molecule has 1 aromatic heterocycles. The van der Waals surface area contributed by atoms with Gasteiger partial charge in [-0.1, -0.05) is 12.1 Å². The first-order valence-electron chi connectivity index (χ1n) is 5.95. The molecule has 0 aliphatic rings. The lowest BCUT2D eigenvalue weighted by Gasteiger charge is -2.04. The van der Waals surface area contributed by atoms with E-state index in [1.807, 2.05) is 25.3 Å². The van der Waals surface area contributed by atoms with Crippen LogP contribution in [0.5, 0.6) is 0 Å². The van der Waals surface area contributed by atoms with Gasteiger partial charge in [-0.2, -0.15) is 0 Å². The van der Waals surface area contributed by atoms with Gasteiger partial charge in [0.1, 0.15) is 0 Å². The maximum atomic E-state index is 10.9. The van der Waals surface area contributed by atoms with Crippen molar-refractivity contribution in [3.05, 3.63) is 39.3 Å². The van der Waals surface area contributed by atoms with Crippen molar-refractivity contribution in [1.29, 1.82) is 0 Å². The Bertz CT molecular complexity index is 608. The number of rotatable bonds is 4. The van der Waals surface area contributed by atoms with Gasteiger partial charge in [0.25, 0.3) is 5.69 Å². The number of anilines is 1. The first kappa shape index (κ1) is 13.5. The van der Waals surface area contributed by atoms with Crippen molar-refractivity contribution in [3.63, 3.8) is 0 Å². The molecule has 6 heteroatoms. The van der Waals surface area contributed by atoms with E-state index in [4.69, 9.17) is 0 Å². The molecule has 0 saturated heterocycles. The van der Waals surface area contributed by atoms with Crippen LogP contribution in [0.3, 0.4) is 0 Å². The van der Waals surface area contributed by atoms with Gasteiger partial charge in [-0.3, -0.25) is 10.1 Å². The van der Waals surface area contributed by atoms with Crippen LogP contribution in [0.1, 0.15) is 19.4 Å². The molecule has 1 N–H and O–H groups in total. The number of nitrogens with one attached hydrogen (secondary N) is 1. The highest BCUT2D eigenvalue weighted by Crippen LogP contribution is 2.29. The molecule has 0 unspecified atom stereocenters. The lowest BCUT2D eigenvalue weighted by atomic mass is 10.1. The third-order valence-electron chi connectivity index (χ3n) is 2.62. The van der Waals surface area contributed by atoms with Crippen LogP contribution in [0.2, 0.25) is 0 Å². The number of aryl methyl sites for hydroxylation is 1. The number of thiazole rings is 1. The van der Waals surface area contributed by atoms with Crippen molar-refractivity contribution < 1.29 is 4.92 Å². The van der Waals surface area contributed by atoms with Gasteiger partial charge in [-0.15, -0.1) is 11.3 Å². The number of aromatic nitrogens is 1. The fourth-order valence-electron chi connectivity index (χ4n) is 1.68. The molecule has 0 aliphatic heterocycles. The van der Waals surface area contributed by atoms with Crippen LogP contribution in [0.25, 0.3) is 11.3 Å². The first-order chi connectivity index (χ1) is 8.97. The third kappa shape index (κ3) is 3.08. The molecule has 0 fully saturated rings. The van der Waals surface area contributed by atoms with E-state index in [0.29, 0.717) is 11.6 Å². The topological polar surface area (TPSA) is 68.1 Å². The van der Waals surface area contributed by atoms with Crippen LogP contribution in [0, 0.1) is 17.0 Å². The van der Waals surface area contributed by atoms with E-state index in [-0.39, 0.29) is 10.6 Å².